The molecular formula is C17H29IN4O3S. The molecule has 1 aromatic carbocycles. The van der Waals surface area contributed by atoms with Crippen LogP contribution < -0.4 is 15.4 Å². The lowest BCUT2D eigenvalue weighted by Crippen LogP contribution is -2.46. The zero-order valence-electron chi connectivity index (χ0n) is 15.4. The second-order valence-corrected chi connectivity index (χ2v) is 8.32. The molecule has 0 aromatic heterocycles. The number of aliphatic imine (C=N–C) groups is 1. The number of nitrogens with one attached hydrogen (secondary N) is 2. The number of rotatable bonds is 7. The minimum absolute atomic E-state index is 0. The van der Waals surface area contributed by atoms with Gasteiger partial charge in [0.1, 0.15) is 5.75 Å². The maximum atomic E-state index is 11.4. The summed E-state index contributed by atoms with van der Waals surface area (Å²) in [5.74, 6) is 2.15. The molecule has 9 heteroatoms. The largest absolute Gasteiger partial charge is 0.497 e. The van der Waals surface area contributed by atoms with Crippen LogP contribution in [0.2, 0.25) is 0 Å². The zero-order chi connectivity index (χ0) is 18.1. The van der Waals surface area contributed by atoms with E-state index < -0.39 is 9.84 Å². The van der Waals surface area contributed by atoms with Crippen molar-refractivity contribution >= 4 is 39.8 Å². The van der Waals surface area contributed by atoms with E-state index in [4.69, 9.17) is 4.74 Å². The number of guanidine groups is 1. The van der Waals surface area contributed by atoms with E-state index >= 15 is 0 Å². The van der Waals surface area contributed by atoms with Gasteiger partial charge in [0.05, 0.1) is 18.6 Å². The first kappa shape index (κ1) is 23.0. The first-order valence-corrected chi connectivity index (χ1v) is 10.3. The Bertz CT molecular complexity index is 651. The average molecular weight is 496 g/mol. The van der Waals surface area contributed by atoms with Crippen LogP contribution in [0.25, 0.3) is 0 Å². The van der Waals surface area contributed by atoms with Gasteiger partial charge in [-0.2, -0.15) is 0 Å². The standard InChI is InChI=1S/C17H28N4O3S.HI/c1-18-17(19-8-7-15-3-5-16(24-2)6-4-15)20-9-10-21-11-13-25(22,23)14-12-21;/h3-6H,7-14H2,1-2H3,(H2,18,19,20);1H. The van der Waals surface area contributed by atoms with E-state index in [0.717, 1.165) is 37.8 Å². The zero-order valence-corrected chi connectivity index (χ0v) is 18.5. The van der Waals surface area contributed by atoms with Gasteiger partial charge in [-0.05, 0) is 24.1 Å². The number of nitrogens with zero attached hydrogens (tertiary/aromatic N) is 2. The Hall–Kier alpha value is -1.07. The summed E-state index contributed by atoms with van der Waals surface area (Å²) in [6.07, 6.45) is 0.897. The number of halogens is 1. The molecule has 1 heterocycles. The molecule has 1 saturated heterocycles. The van der Waals surface area contributed by atoms with E-state index in [9.17, 15) is 8.42 Å². The van der Waals surface area contributed by atoms with Gasteiger partial charge < -0.3 is 15.4 Å². The number of benzene rings is 1. The van der Waals surface area contributed by atoms with Gasteiger partial charge in [-0.1, -0.05) is 12.1 Å². The number of hydrogen-bond donors (Lipinski definition) is 2. The van der Waals surface area contributed by atoms with Crippen molar-refractivity contribution < 1.29 is 13.2 Å². The monoisotopic (exact) mass is 496 g/mol. The highest BCUT2D eigenvalue weighted by molar-refractivity contribution is 14.0. The Morgan fingerprint density at radius 3 is 2.35 bits per heavy atom. The van der Waals surface area contributed by atoms with Crippen molar-refractivity contribution in [1.29, 1.82) is 0 Å². The van der Waals surface area contributed by atoms with Crippen molar-refractivity contribution in [3.8, 4) is 5.75 Å². The highest BCUT2D eigenvalue weighted by Gasteiger charge is 2.20. The summed E-state index contributed by atoms with van der Waals surface area (Å²) in [5.41, 5.74) is 1.23. The van der Waals surface area contributed by atoms with Gasteiger partial charge in [0.15, 0.2) is 15.8 Å². The van der Waals surface area contributed by atoms with Crippen LogP contribution >= 0.6 is 24.0 Å². The molecule has 7 nitrogen and oxygen atoms in total. The number of hydrogen-bond acceptors (Lipinski definition) is 5. The summed E-state index contributed by atoms with van der Waals surface area (Å²) in [4.78, 5) is 6.38. The average Bonchev–Trinajstić information content (AvgIpc) is 2.62. The SMILES string of the molecule is CN=C(NCCc1ccc(OC)cc1)NCCN1CCS(=O)(=O)CC1.I. The molecule has 2 rings (SSSR count). The van der Waals surface area contributed by atoms with Gasteiger partial charge in [-0.3, -0.25) is 9.89 Å². The first-order valence-electron chi connectivity index (χ1n) is 8.52. The summed E-state index contributed by atoms with van der Waals surface area (Å²) in [6, 6.07) is 8.03. The minimum atomic E-state index is -2.81. The normalized spacial score (nSPS) is 17.2. The molecule has 26 heavy (non-hydrogen) atoms. The third-order valence-corrected chi connectivity index (χ3v) is 5.86. The van der Waals surface area contributed by atoms with Crippen LogP contribution in [0.15, 0.2) is 29.3 Å². The van der Waals surface area contributed by atoms with Gasteiger partial charge in [0.2, 0.25) is 0 Å². The van der Waals surface area contributed by atoms with E-state index in [1.165, 1.54) is 5.56 Å². The Labute approximate surface area is 173 Å². The van der Waals surface area contributed by atoms with E-state index in [1.54, 1.807) is 14.2 Å². The summed E-state index contributed by atoms with van der Waals surface area (Å²) < 4.78 is 28.0. The van der Waals surface area contributed by atoms with Crippen molar-refractivity contribution in [3.63, 3.8) is 0 Å². The molecule has 0 unspecified atom stereocenters. The Kier molecular flexibility index (Phi) is 10.3. The fraction of sp³-hybridized carbons (Fsp3) is 0.588. The van der Waals surface area contributed by atoms with Crippen molar-refractivity contribution in [3.05, 3.63) is 29.8 Å². The van der Waals surface area contributed by atoms with Crippen molar-refractivity contribution in [2.24, 2.45) is 4.99 Å². The van der Waals surface area contributed by atoms with Gasteiger partial charge in [0, 0.05) is 39.8 Å². The minimum Gasteiger partial charge on any atom is -0.497 e. The fourth-order valence-corrected chi connectivity index (χ4v) is 3.92. The quantitative estimate of drug-likeness (QED) is 0.330. The molecule has 0 aliphatic carbocycles. The molecule has 0 bridgehead atoms. The van der Waals surface area contributed by atoms with Crippen LogP contribution in [-0.4, -0.2) is 77.7 Å². The second-order valence-electron chi connectivity index (χ2n) is 6.02. The Morgan fingerprint density at radius 2 is 1.77 bits per heavy atom. The summed E-state index contributed by atoms with van der Waals surface area (Å²) in [6.45, 7) is 3.58. The summed E-state index contributed by atoms with van der Waals surface area (Å²) in [7, 11) is 0.597. The molecule has 2 N–H and O–H groups in total. The number of methoxy groups -OCH3 is 1. The van der Waals surface area contributed by atoms with Crippen LogP contribution in [-0.2, 0) is 16.3 Å². The van der Waals surface area contributed by atoms with Crippen molar-refractivity contribution in [2.45, 2.75) is 6.42 Å². The predicted molar refractivity (Wildman–Crippen MR) is 117 cm³/mol. The van der Waals surface area contributed by atoms with Crippen LogP contribution in [0.4, 0.5) is 0 Å². The molecule has 0 saturated carbocycles. The van der Waals surface area contributed by atoms with E-state index in [1.807, 2.05) is 12.1 Å². The molecule has 0 amide bonds. The third-order valence-electron chi connectivity index (χ3n) is 4.25. The lowest BCUT2D eigenvalue weighted by Gasteiger charge is -2.26. The smallest absolute Gasteiger partial charge is 0.191 e. The molecular weight excluding hydrogens is 467 g/mol. The number of sulfone groups is 1. The third kappa shape index (κ3) is 8.09. The van der Waals surface area contributed by atoms with Crippen molar-refractivity contribution in [2.75, 3.05) is 58.4 Å². The maximum Gasteiger partial charge on any atom is 0.191 e. The lowest BCUT2D eigenvalue weighted by atomic mass is 10.1. The van der Waals surface area contributed by atoms with Gasteiger partial charge >= 0.3 is 0 Å². The molecule has 1 aliphatic rings. The van der Waals surface area contributed by atoms with Gasteiger partial charge in [-0.15, -0.1) is 24.0 Å². The highest BCUT2D eigenvalue weighted by atomic mass is 127. The van der Waals surface area contributed by atoms with Crippen molar-refractivity contribution in [1.82, 2.24) is 15.5 Å². The Balaban J connectivity index is 0.00000338. The van der Waals surface area contributed by atoms with Gasteiger partial charge in [0.25, 0.3) is 0 Å². The van der Waals surface area contributed by atoms with Gasteiger partial charge in [-0.25, -0.2) is 8.42 Å². The molecule has 148 valence electrons. The topological polar surface area (TPSA) is 83.0 Å². The summed E-state index contributed by atoms with van der Waals surface area (Å²) >= 11 is 0. The molecule has 1 aromatic rings. The lowest BCUT2D eigenvalue weighted by molar-refractivity contribution is 0.299. The van der Waals surface area contributed by atoms with E-state index in [-0.39, 0.29) is 35.5 Å². The maximum absolute atomic E-state index is 11.4. The van der Waals surface area contributed by atoms with E-state index in [0.29, 0.717) is 13.1 Å². The van der Waals surface area contributed by atoms with Crippen LogP contribution in [0.1, 0.15) is 5.56 Å². The van der Waals surface area contributed by atoms with Crippen LogP contribution in [0, 0.1) is 0 Å². The molecule has 1 aliphatic heterocycles. The number of ether oxygens (including phenoxy) is 1. The van der Waals surface area contributed by atoms with Crippen LogP contribution in [0.5, 0.6) is 5.75 Å². The van der Waals surface area contributed by atoms with E-state index in [2.05, 4.69) is 32.7 Å². The highest BCUT2D eigenvalue weighted by Crippen LogP contribution is 2.11. The molecule has 0 spiro atoms. The Morgan fingerprint density at radius 1 is 1.15 bits per heavy atom. The summed E-state index contributed by atoms with van der Waals surface area (Å²) in [5, 5.41) is 6.56. The molecule has 1 fully saturated rings. The molecule has 0 radical (unpaired) electrons. The first-order chi connectivity index (χ1) is 12.0. The molecule has 0 atom stereocenters. The van der Waals surface area contributed by atoms with Crippen LogP contribution in [0.3, 0.4) is 0 Å². The predicted octanol–water partition coefficient (Wildman–Crippen LogP) is 0.751. The second kappa shape index (κ2) is 11.6. The fourth-order valence-electron chi connectivity index (χ4n) is 2.64.